The van der Waals surface area contributed by atoms with Gasteiger partial charge in [0.05, 0.1) is 24.1 Å². The van der Waals surface area contributed by atoms with E-state index in [1.807, 2.05) is 0 Å². The fraction of sp³-hybridized carbons (Fsp3) is 0.500. The minimum atomic E-state index is -0.423. The number of carbonyl (C=O) groups is 1. The molecular weight excluding hydrogens is 263 g/mol. The first-order valence-electron chi connectivity index (χ1n) is 6.69. The number of nitrogen functional groups attached to an aromatic ring is 1. The predicted octanol–water partition coefficient (Wildman–Crippen LogP) is 1.93. The van der Waals surface area contributed by atoms with Crippen LogP contribution in [0.3, 0.4) is 0 Å². The summed E-state index contributed by atoms with van der Waals surface area (Å²) in [6.45, 7) is 1.91. The molecule has 6 heteroatoms. The lowest BCUT2D eigenvalue weighted by Gasteiger charge is -2.10. The Bertz CT molecular complexity index is 462. The highest BCUT2D eigenvalue weighted by atomic mass is 19.1. The Labute approximate surface area is 117 Å². The third-order valence-corrected chi connectivity index (χ3v) is 3.08. The van der Waals surface area contributed by atoms with Crippen molar-refractivity contribution >= 4 is 17.3 Å². The molecule has 1 heterocycles. The van der Waals surface area contributed by atoms with Crippen molar-refractivity contribution in [3.8, 4) is 0 Å². The van der Waals surface area contributed by atoms with Gasteiger partial charge in [0.2, 0.25) is 5.91 Å². The van der Waals surface area contributed by atoms with Gasteiger partial charge in [0.25, 0.3) is 0 Å². The third-order valence-electron chi connectivity index (χ3n) is 3.08. The molecule has 1 unspecified atom stereocenters. The minimum Gasteiger partial charge on any atom is -0.397 e. The van der Waals surface area contributed by atoms with Gasteiger partial charge in [0, 0.05) is 19.6 Å². The monoisotopic (exact) mass is 282 g/mol. The quantitative estimate of drug-likeness (QED) is 0.617. The number of nitrogens with two attached hydrogens (primary N) is 1. The summed E-state index contributed by atoms with van der Waals surface area (Å²) in [6, 6.07) is 3.89. The molecule has 1 aliphatic rings. The minimum absolute atomic E-state index is 0.158. The van der Waals surface area contributed by atoms with E-state index in [1.165, 1.54) is 18.2 Å². The van der Waals surface area contributed by atoms with Crippen molar-refractivity contribution in [2.75, 3.05) is 30.9 Å². The van der Waals surface area contributed by atoms with Gasteiger partial charge in [-0.15, -0.1) is 0 Å². The van der Waals surface area contributed by atoms with Crippen LogP contribution in [-0.2, 0) is 14.3 Å². The molecular formula is C14H19FN2O3. The zero-order chi connectivity index (χ0) is 14.4. The van der Waals surface area contributed by atoms with Crippen LogP contribution in [0.1, 0.15) is 19.3 Å². The number of ether oxygens (including phenoxy) is 2. The summed E-state index contributed by atoms with van der Waals surface area (Å²) >= 11 is 0. The number of hydrogen-bond donors (Lipinski definition) is 2. The summed E-state index contributed by atoms with van der Waals surface area (Å²) in [5.74, 6) is -0.581. The number of carbonyl (C=O) groups excluding carboxylic acids is 1. The van der Waals surface area contributed by atoms with Crippen LogP contribution in [0.15, 0.2) is 18.2 Å². The Kier molecular flexibility index (Phi) is 5.31. The van der Waals surface area contributed by atoms with Crippen molar-refractivity contribution in [1.29, 1.82) is 0 Å². The zero-order valence-electron chi connectivity index (χ0n) is 11.2. The average Bonchev–Trinajstić information content (AvgIpc) is 2.91. The number of hydrogen-bond acceptors (Lipinski definition) is 4. The summed E-state index contributed by atoms with van der Waals surface area (Å²) in [4.78, 5) is 11.7. The van der Waals surface area contributed by atoms with Gasteiger partial charge in [-0.05, 0) is 31.0 Å². The molecule has 1 amide bonds. The highest BCUT2D eigenvalue weighted by Crippen LogP contribution is 2.19. The zero-order valence-corrected chi connectivity index (χ0v) is 11.2. The second kappa shape index (κ2) is 7.21. The van der Waals surface area contributed by atoms with Crippen LogP contribution < -0.4 is 11.1 Å². The molecule has 0 spiro atoms. The SMILES string of the molecule is Nc1cc(F)ccc1NC(=O)CCCOC1CCOC1. The Morgan fingerprint density at radius 2 is 2.40 bits per heavy atom. The molecule has 1 atom stereocenters. The predicted molar refractivity (Wildman–Crippen MR) is 73.9 cm³/mol. The standard InChI is InChI=1S/C14H19FN2O3/c15-10-3-4-13(12(16)8-10)17-14(18)2-1-6-20-11-5-7-19-9-11/h3-4,8,11H,1-2,5-7,9,16H2,(H,17,18). The molecule has 0 bridgehead atoms. The molecule has 1 aromatic rings. The maximum absolute atomic E-state index is 12.9. The van der Waals surface area contributed by atoms with Gasteiger partial charge >= 0.3 is 0 Å². The smallest absolute Gasteiger partial charge is 0.224 e. The molecule has 1 aliphatic heterocycles. The fourth-order valence-electron chi connectivity index (χ4n) is 1.99. The molecule has 1 fully saturated rings. The highest BCUT2D eigenvalue weighted by molar-refractivity contribution is 5.93. The lowest BCUT2D eigenvalue weighted by molar-refractivity contribution is -0.116. The van der Waals surface area contributed by atoms with Crippen LogP contribution in [0.25, 0.3) is 0 Å². The van der Waals surface area contributed by atoms with Crippen LogP contribution >= 0.6 is 0 Å². The summed E-state index contributed by atoms with van der Waals surface area (Å²) in [6.07, 6.45) is 2.04. The number of benzene rings is 1. The van der Waals surface area contributed by atoms with E-state index in [1.54, 1.807) is 0 Å². The first kappa shape index (κ1) is 14.7. The third kappa shape index (κ3) is 4.47. The van der Waals surface area contributed by atoms with Crippen LogP contribution in [-0.4, -0.2) is 31.8 Å². The largest absolute Gasteiger partial charge is 0.397 e. The summed E-state index contributed by atoms with van der Waals surface area (Å²) in [5.41, 5.74) is 6.27. The molecule has 110 valence electrons. The molecule has 0 radical (unpaired) electrons. The molecule has 0 saturated carbocycles. The van der Waals surface area contributed by atoms with Gasteiger partial charge in [-0.1, -0.05) is 0 Å². The second-order valence-electron chi connectivity index (χ2n) is 4.74. The molecule has 1 aromatic carbocycles. The first-order chi connectivity index (χ1) is 9.65. The summed E-state index contributed by atoms with van der Waals surface area (Å²) < 4.78 is 23.6. The second-order valence-corrected chi connectivity index (χ2v) is 4.74. The van der Waals surface area contributed by atoms with Gasteiger partial charge in [-0.3, -0.25) is 4.79 Å². The van der Waals surface area contributed by atoms with Gasteiger partial charge in [-0.25, -0.2) is 4.39 Å². The van der Waals surface area contributed by atoms with E-state index in [0.717, 1.165) is 13.0 Å². The van der Waals surface area contributed by atoms with E-state index in [-0.39, 0.29) is 17.7 Å². The van der Waals surface area contributed by atoms with Crippen molar-refractivity contribution in [2.45, 2.75) is 25.4 Å². The van der Waals surface area contributed by atoms with Crippen LogP contribution in [0.2, 0.25) is 0 Å². The maximum atomic E-state index is 12.9. The van der Waals surface area contributed by atoms with Gasteiger partial charge < -0.3 is 20.5 Å². The van der Waals surface area contributed by atoms with Gasteiger partial charge in [0.1, 0.15) is 5.82 Å². The van der Waals surface area contributed by atoms with E-state index >= 15 is 0 Å². The Hall–Kier alpha value is -1.66. The average molecular weight is 282 g/mol. The summed E-state index contributed by atoms with van der Waals surface area (Å²) in [5, 5.41) is 2.66. The lowest BCUT2D eigenvalue weighted by Crippen LogP contribution is -2.16. The van der Waals surface area contributed by atoms with Crippen molar-refractivity contribution in [3.05, 3.63) is 24.0 Å². The molecule has 20 heavy (non-hydrogen) atoms. The van der Waals surface area contributed by atoms with Gasteiger partial charge in [0.15, 0.2) is 0 Å². The Morgan fingerprint density at radius 3 is 3.10 bits per heavy atom. The molecule has 0 aliphatic carbocycles. The maximum Gasteiger partial charge on any atom is 0.224 e. The topological polar surface area (TPSA) is 73.6 Å². The van der Waals surface area contributed by atoms with Crippen molar-refractivity contribution in [2.24, 2.45) is 0 Å². The normalized spacial score (nSPS) is 18.1. The van der Waals surface area contributed by atoms with E-state index in [2.05, 4.69) is 5.32 Å². The van der Waals surface area contributed by atoms with Crippen molar-refractivity contribution in [1.82, 2.24) is 0 Å². The number of halogens is 1. The molecule has 1 saturated heterocycles. The molecule has 0 aromatic heterocycles. The fourth-order valence-corrected chi connectivity index (χ4v) is 1.99. The number of nitrogens with one attached hydrogen (secondary N) is 1. The van der Waals surface area contributed by atoms with E-state index in [0.29, 0.717) is 31.7 Å². The highest BCUT2D eigenvalue weighted by Gasteiger charge is 2.15. The van der Waals surface area contributed by atoms with E-state index < -0.39 is 5.82 Å². The number of rotatable bonds is 6. The number of anilines is 2. The molecule has 3 N–H and O–H groups in total. The van der Waals surface area contributed by atoms with Crippen molar-refractivity contribution in [3.63, 3.8) is 0 Å². The lowest BCUT2D eigenvalue weighted by atomic mass is 10.2. The summed E-state index contributed by atoms with van der Waals surface area (Å²) in [7, 11) is 0. The van der Waals surface area contributed by atoms with E-state index in [9.17, 15) is 9.18 Å². The van der Waals surface area contributed by atoms with E-state index in [4.69, 9.17) is 15.2 Å². The van der Waals surface area contributed by atoms with Crippen molar-refractivity contribution < 1.29 is 18.7 Å². The first-order valence-corrected chi connectivity index (χ1v) is 6.69. The van der Waals surface area contributed by atoms with Gasteiger partial charge in [-0.2, -0.15) is 0 Å². The van der Waals surface area contributed by atoms with Crippen LogP contribution in [0.4, 0.5) is 15.8 Å². The number of amides is 1. The Morgan fingerprint density at radius 1 is 1.55 bits per heavy atom. The van der Waals surface area contributed by atoms with Crippen LogP contribution in [0.5, 0.6) is 0 Å². The molecule has 2 rings (SSSR count). The molecule has 5 nitrogen and oxygen atoms in total. The Balaban J connectivity index is 1.67. The van der Waals surface area contributed by atoms with Crippen LogP contribution in [0, 0.1) is 5.82 Å².